The van der Waals surface area contributed by atoms with Crippen molar-refractivity contribution in [2.24, 2.45) is 5.73 Å². The Morgan fingerprint density at radius 2 is 2.29 bits per heavy atom. The average Bonchev–Trinajstić information content (AvgIpc) is 2.44. The van der Waals surface area contributed by atoms with Crippen molar-refractivity contribution in [1.82, 2.24) is 9.38 Å². The van der Waals surface area contributed by atoms with E-state index in [4.69, 9.17) is 17.3 Å². The number of nitrogens with zero attached hydrogens (tertiary/aromatic N) is 2. The molecule has 2 heterocycles. The van der Waals surface area contributed by atoms with Crippen LogP contribution < -0.4 is 5.73 Å². The van der Waals surface area contributed by atoms with E-state index in [1.54, 1.807) is 13.0 Å². The first-order chi connectivity index (χ1) is 6.59. The van der Waals surface area contributed by atoms with Crippen molar-refractivity contribution in [3.05, 3.63) is 35.0 Å². The Labute approximate surface area is 85.3 Å². The van der Waals surface area contributed by atoms with Crippen LogP contribution in [0.4, 0.5) is 4.39 Å². The van der Waals surface area contributed by atoms with Crippen LogP contribution in [0.15, 0.2) is 18.3 Å². The van der Waals surface area contributed by atoms with Gasteiger partial charge in [-0.2, -0.15) is 0 Å². The molecule has 3 nitrogen and oxygen atoms in total. The van der Waals surface area contributed by atoms with Gasteiger partial charge in [-0.1, -0.05) is 11.6 Å². The molecule has 0 fully saturated rings. The van der Waals surface area contributed by atoms with Crippen LogP contribution in [-0.2, 0) is 0 Å². The second kappa shape index (κ2) is 3.22. The molecule has 0 aliphatic heterocycles. The first-order valence-corrected chi connectivity index (χ1v) is 4.56. The molecule has 0 bridgehead atoms. The van der Waals surface area contributed by atoms with Crippen molar-refractivity contribution >= 4 is 17.2 Å². The van der Waals surface area contributed by atoms with Gasteiger partial charge in [-0.05, 0) is 19.1 Å². The van der Waals surface area contributed by atoms with Crippen LogP contribution >= 0.6 is 11.6 Å². The number of imidazole rings is 1. The zero-order valence-electron chi connectivity index (χ0n) is 7.54. The van der Waals surface area contributed by atoms with E-state index in [2.05, 4.69) is 4.98 Å². The molecule has 1 atom stereocenters. The van der Waals surface area contributed by atoms with Crippen molar-refractivity contribution in [3.63, 3.8) is 0 Å². The molecule has 2 aromatic rings. The molecule has 0 aliphatic carbocycles. The summed E-state index contributed by atoms with van der Waals surface area (Å²) in [7, 11) is 0. The predicted octanol–water partition coefficient (Wildman–Crippen LogP) is 2.15. The number of pyridine rings is 1. The van der Waals surface area contributed by atoms with Crippen LogP contribution in [0, 0.1) is 5.82 Å². The number of aromatic nitrogens is 2. The number of halogens is 2. The van der Waals surface area contributed by atoms with Gasteiger partial charge < -0.3 is 5.73 Å². The topological polar surface area (TPSA) is 43.3 Å². The summed E-state index contributed by atoms with van der Waals surface area (Å²) < 4.78 is 14.4. The van der Waals surface area contributed by atoms with Crippen LogP contribution in [0.5, 0.6) is 0 Å². The van der Waals surface area contributed by atoms with E-state index in [-0.39, 0.29) is 11.9 Å². The van der Waals surface area contributed by atoms with E-state index >= 15 is 0 Å². The smallest absolute Gasteiger partial charge is 0.139 e. The van der Waals surface area contributed by atoms with Gasteiger partial charge in [0.25, 0.3) is 0 Å². The third kappa shape index (κ3) is 1.36. The minimum absolute atomic E-state index is 0.259. The molecule has 0 saturated carbocycles. The summed E-state index contributed by atoms with van der Waals surface area (Å²) in [6, 6.07) is 2.64. The van der Waals surface area contributed by atoms with Crippen LogP contribution in [0.25, 0.3) is 5.65 Å². The SMILES string of the molecule is CC(N)c1nc2ccc(F)cn2c1Cl. The molecule has 0 amide bonds. The van der Waals surface area contributed by atoms with E-state index in [0.29, 0.717) is 16.5 Å². The molecule has 0 saturated heterocycles. The van der Waals surface area contributed by atoms with Crippen molar-refractivity contribution in [3.8, 4) is 0 Å². The summed E-state index contributed by atoms with van der Waals surface area (Å²) in [5.41, 5.74) is 6.84. The fraction of sp³-hybridized carbons (Fsp3) is 0.222. The quantitative estimate of drug-likeness (QED) is 0.789. The summed E-state index contributed by atoms with van der Waals surface area (Å²) in [6.07, 6.45) is 1.29. The van der Waals surface area contributed by atoms with E-state index in [1.165, 1.54) is 16.7 Å². The molecule has 2 rings (SSSR count). The molecular weight excluding hydrogens is 205 g/mol. The molecule has 74 valence electrons. The third-order valence-corrected chi connectivity index (χ3v) is 2.36. The highest BCUT2D eigenvalue weighted by Gasteiger charge is 2.13. The van der Waals surface area contributed by atoms with E-state index in [0.717, 1.165) is 0 Å². The predicted molar refractivity (Wildman–Crippen MR) is 52.8 cm³/mol. The minimum Gasteiger partial charge on any atom is -0.323 e. The maximum Gasteiger partial charge on any atom is 0.139 e. The Morgan fingerprint density at radius 3 is 2.93 bits per heavy atom. The van der Waals surface area contributed by atoms with Crippen molar-refractivity contribution in [2.75, 3.05) is 0 Å². The fourth-order valence-corrected chi connectivity index (χ4v) is 1.65. The monoisotopic (exact) mass is 213 g/mol. The van der Waals surface area contributed by atoms with Gasteiger partial charge in [0.2, 0.25) is 0 Å². The number of rotatable bonds is 1. The lowest BCUT2D eigenvalue weighted by molar-refractivity contribution is 0.619. The lowest BCUT2D eigenvalue weighted by Crippen LogP contribution is -2.05. The summed E-state index contributed by atoms with van der Waals surface area (Å²) in [4.78, 5) is 4.19. The molecule has 5 heteroatoms. The highest BCUT2D eigenvalue weighted by molar-refractivity contribution is 6.30. The van der Waals surface area contributed by atoms with Gasteiger partial charge in [-0.25, -0.2) is 9.37 Å². The second-order valence-corrected chi connectivity index (χ2v) is 3.51. The Kier molecular flexibility index (Phi) is 2.17. The average molecular weight is 214 g/mol. The van der Waals surface area contributed by atoms with E-state index in [9.17, 15) is 4.39 Å². The third-order valence-electron chi connectivity index (χ3n) is 1.98. The molecular formula is C9H9ClFN3. The fourth-order valence-electron chi connectivity index (χ4n) is 1.30. The largest absolute Gasteiger partial charge is 0.323 e. The van der Waals surface area contributed by atoms with Gasteiger partial charge in [0.05, 0.1) is 5.69 Å². The van der Waals surface area contributed by atoms with Crippen molar-refractivity contribution in [2.45, 2.75) is 13.0 Å². The Hall–Kier alpha value is -1.13. The second-order valence-electron chi connectivity index (χ2n) is 3.15. The number of fused-ring (bicyclic) bond motifs is 1. The molecule has 0 radical (unpaired) electrons. The van der Waals surface area contributed by atoms with Gasteiger partial charge in [0.1, 0.15) is 16.6 Å². The maximum absolute atomic E-state index is 12.9. The van der Waals surface area contributed by atoms with Crippen LogP contribution in [-0.4, -0.2) is 9.38 Å². The minimum atomic E-state index is -0.354. The van der Waals surface area contributed by atoms with Crippen LogP contribution in [0.1, 0.15) is 18.7 Å². The molecule has 2 N–H and O–H groups in total. The maximum atomic E-state index is 12.9. The number of nitrogens with two attached hydrogens (primary N) is 1. The van der Waals surface area contributed by atoms with Gasteiger partial charge in [0, 0.05) is 12.2 Å². The standard InChI is InChI=1S/C9H9ClFN3/c1-5(12)8-9(10)14-4-6(11)2-3-7(14)13-8/h2-5H,12H2,1H3. The molecule has 2 aromatic heterocycles. The Morgan fingerprint density at radius 1 is 1.57 bits per heavy atom. The van der Waals surface area contributed by atoms with Crippen LogP contribution in [0.2, 0.25) is 5.15 Å². The molecule has 0 aromatic carbocycles. The zero-order chi connectivity index (χ0) is 10.3. The number of hydrogen-bond donors (Lipinski definition) is 1. The highest BCUT2D eigenvalue weighted by atomic mass is 35.5. The van der Waals surface area contributed by atoms with Gasteiger partial charge in [-0.3, -0.25) is 4.40 Å². The first kappa shape index (κ1) is 9.43. The van der Waals surface area contributed by atoms with Gasteiger partial charge >= 0.3 is 0 Å². The first-order valence-electron chi connectivity index (χ1n) is 4.18. The Balaban J connectivity index is 2.74. The molecule has 14 heavy (non-hydrogen) atoms. The van der Waals surface area contributed by atoms with Gasteiger partial charge in [-0.15, -0.1) is 0 Å². The number of hydrogen-bond acceptors (Lipinski definition) is 2. The molecule has 0 aliphatic rings. The zero-order valence-corrected chi connectivity index (χ0v) is 8.29. The summed E-state index contributed by atoms with van der Waals surface area (Å²) in [6.45, 7) is 1.78. The van der Waals surface area contributed by atoms with Gasteiger partial charge in [0.15, 0.2) is 0 Å². The van der Waals surface area contributed by atoms with E-state index in [1.807, 2.05) is 0 Å². The van der Waals surface area contributed by atoms with Crippen molar-refractivity contribution in [1.29, 1.82) is 0 Å². The van der Waals surface area contributed by atoms with E-state index < -0.39 is 0 Å². The highest BCUT2D eigenvalue weighted by Crippen LogP contribution is 2.22. The van der Waals surface area contributed by atoms with Crippen molar-refractivity contribution < 1.29 is 4.39 Å². The molecule has 1 unspecified atom stereocenters. The summed E-state index contributed by atoms with van der Waals surface area (Å²) in [5, 5.41) is 0.370. The molecule has 0 spiro atoms. The van der Waals surface area contributed by atoms with Crippen LogP contribution in [0.3, 0.4) is 0 Å². The summed E-state index contributed by atoms with van der Waals surface area (Å²) >= 11 is 5.98. The lowest BCUT2D eigenvalue weighted by Gasteiger charge is -1.99. The lowest BCUT2D eigenvalue weighted by atomic mass is 10.3. The normalized spacial score (nSPS) is 13.4. The Bertz CT molecular complexity index is 478. The summed E-state index contributed by atoms with van der Waals surface area (Å²) in [5.74, 6) is -0.354.